The number of benzene rings is 1. The van der Waals surface area contributed by atoms with E-state index < -0.39 is 0 Å². The minimum absolute atomic E-state index is 0.113. The number of hydrogen-bond acceptors (Lipinski definition) is 10. The van der Waals surface area contributed by atoms with Crippen molar-refractivity contribution in [1.29, 1.82) is 0 Å². The molecule has 3 aliphatic rings. The maximum Gasteiger partial charge on any atom is 0.222 e. The van der Waals surface area contributed by atoms with Crippen LogP contribution in [0, 0.1) is 5.92 Å². The molecule has 1 N–H and O–H groups in total. The fraction of sp³-hybridized carbons (Fsp3) is 0.471. The Morgan fingerprint density at radius 3 is 2.67 bits per heavy atom. The number of fused-ring (bicyclic) bond motifs is 6. The Bertz CT molecular complexity index is 1630. The monoisotopic (exact) mass is 610 g/mol. The molecular weight excluding hydrogens is 568 g/mol. The van der Waals surface area contributed by atoms with E-state index in [2.05, 4.69) is 57.4 Å². The van der Waals surface area contributed by atoms with Crippen molar-refractivity contribution in [2.75, 3.05) is 51.8 Å². The lowest BCUT2D eigenvalue weighted by molar-refractivity contribution is 0.146. The lowest BCUT2D eigenvalue weighted by atomic mass is 10.0. The minimum atomic E-state index is -0.113. The molecular formula is C34H42N8O3. The predicted octanol–water partition coefficient (Wildman–Crippen LogP) is 5.16. The number of piperazine rings is 1. The zero-order chi connectivity index (χ0) is 30.8. The normalized spacial score (nSPS) is 19.0. The number of aryl methyl sites for hydroxylation is 1. The summed E-state index contributed by atoms with van der Waals surface area (Å²) < 4.78 is 21.0. The van der Waals surface area contributed by atoms with E-state index in [1.165, 1.54) is 18.4 Å². The SMILES string of the molecule is C[C@H]1CCOc2c(cnn2C)-c2nccc(n2)Nc2cc(c(-c3ccc(CN4CCN(C)CC4)c(OCCC4CC4)c3)cn2)O1. The maximum atomic E-state index is 6.59. The van der Waals surface area contributed by atoms with E-state index in [1.54, 1.807) is 17.1 Å². The molecule has 45 heavy (non-hydrogen) atoms. The molecule has 1 atom stereocenters. The Hall–Kier alpha value is -4.22. The van der Waals surface area contributed by atoms with E-state index in [0.717, 1.165) is 79.9 Å². The third-order valence-corrected chi connectivity index (χ3v) is 8.84. The number of pyridine rings is 1. The number of aromatic nitrogens is 5. The molecule has 3 aromatic heterocycles. The topological polar surface area (TPSA) is 103 Å². The smallest absolute Gasteiger partial charge is 0.222 e. The largest absolute Gasteiger partial charge is 0.493 e. The highest BCUT2D eigenvalue weighted by Crippen LogP contribution is 2.38. The molecule has 4 aromatic rings. The molecule has 5 heterocycles. The summed E-state index contributed by atoms with van der Waals surface area (Å²) in [5, 5.41) is 7.72. The molecule has 1 aromatic carbocycles. The van der Waals surface area contributed by atoms with Crippen LogP contribution in [-0.4, -0.2) is 87.1 Å². The van der Waals surface area contributed by atoms with Crippen molar-refractivity contribution >= 4 is 11.6 Å². The van der Waals surface area contributed by atoms with Crippen LogP contribution < -0.4 is 19.5 Å². The highest BCUT2D eigenvalue weighted by molar-refractivity contribution is 5.74. The number of likely N-dealkylation sites (N-methyl/N-ethyl adjacent to an activating group) is 1. The Labute approximate surface area is 264 Å². The lowest BCUT2D eigenvalue weighted by Crippen LogP contribution is -2.43. The van der Waals surface area contributed by atoms with Gasteiger partial charge in [-0.05, 0) is 44.0 Å². The Kier molecular flexibility index (Phi) is 8.53. The number of hydrogen-bond donors (Lipinski definition) is 1. The van der Waals surface area contributed by atoms with Crippen molar-refractivity contribution in [3.05, 3.63) is 54.5 Å². The molecule has 4 bridgehead atoms. The van der Waals surface area contributed by atoms with Gasteiger partial charge in [0.1, 0.15) is 28.7 Å². The van der Waals surface area contributed by atoms with E-state index in [4.69, 9.17) is 24.2 Å². The number of nitrogens with zero attached hydrogens (tertiary/aromatic N) is 7. The first kappa shape index (κ1) is 29.5. The summed E-state index contributed by atoms with van der Waals surface area (Å²) in [6.45, 7) is 8.45. The van der Waals surface area contributed by atoms with Gasteiger partial charge in [0, 0.05) is 75.8 Å². The van der Waals surface area contributed by atoms with Crippen molar-refractivity contribution < 1.29 is 14.2 Å². The summed E-state index contributed by atoms with van der Waals surface area (Å²) in [5.74, 6) is 4.92. The zero-order valence-corrected chi connectivity index (χ0v) is 26.4. The molecule has 0 amide bonds. The minimum Gasteiger partial charge on any atom is -0.493 e. The van der Waals surface area contributed by atoms with Gasteiger partial charge in [0.15, 0.2) is 5.82 Å². The molecule has 1 aliphatic carbocycles. The highest BCUT2D eigenvalue weighted by atomic mass is 16.5. The van der Waals surface area contributed by atoms with E-state index in [0.29, 0.717) is 36.4 Å². The molecule has 11 heteroatoms. The second kappa shape index (κ2) is 13.0. The van der Waals surface area contributed by atoms with Gasteiger partial charge < -0.3 is 24.4 Å². The summed E-state index contributed by atoms with van der Waals surface area (Å²) in [4.78, 5) is 18.9. The van der Waals surface area contributed by atoms with Crippen LogP contribution in [0.3, 0.4) is 0 Å². The van der Waals surface area contributed by atoms with Gasteiger partial charge in [-0.2, -0.15) is 5.10 Å². The van der Waals surface area contributed by atoms with E-state index in [1.807, 2.05) is 25.4 Å². The highest BCUT2D eigenvalue weighted by Gasteiger charge is 2.23. The van der Waals surface area contributed by atoms with Gasteiger partial charge in [-0.1, -0.05) is 25.0 Å². The lowest BCUT2D eigenvalue weighted by Gasteiger charge is -2.32. The summed E-state index contributed by atoms with van der Waals surface area (Å²) in [6.07, 6.45) is 9.65. The van der Waals surface area contributed by atoms with Crippen LogP contribution >= 0.6 is 0 Å². The fourth-order valence-corrected chi connectivity index (χ4v) is 5.83. The van der Waals surface area contributed by atoms with Crippen molar-refractivity contribution in [2.45, 2.75) is 45.3 Å². The van der Waals surface area contributed by atoms with Gasteiger partial charge in [0.05, 0.1) is 25.5 Å². The number of nitrogens with one attached hydrogen (secondary N) is 1. The summed E-state index contributed by atoms with van der Waals surface area (Å²) in [6, 6.07) is 10.3. The molecule has 0 spiro atoms. The molecule has 11 nitrogen and oxygen atoms in total. The maximum absolute atomic E-state index is 6.59. The first-order chi connectivity index (χ1) is 22.0. The number of anilines is 2. The molecule has 236 valence electrons. The second-order valence-corrected chi connectivity index (χ2v) is 12.5. The first-order valence-corrected chi connectivity index (χ1v) is 16.1. The molecule has 0 unspecified atom stereocenters. The molecule has 2 aliphatic heterocycles. The van der Waals surface area contributed by atoms with Crippen LogP contribution in [0.2, 0.25) is 0 Å². The predicted molar refractivity (Wildman–Crippen MR) is 173 cm³/mol. The van der Waals surface area contributed by atoms with Gasteiger partial charge in [-0.25, -0.2) is 19.6 Å². The Balaban J connectivity index is 1.19. The molecule has 2 fully saturated rings. The van der Waals surface area contributed by atoms with Crippen molar-refractivity contribution in [1.82, 2.24) is 34.5 Å². The molecule has 1 saturated carbocycles. The zero-order valence-electron chi connectivity index (χ0n) is 26.4. The average molecular weight is 611 g/mol. The van der Waals surface area contributed by atoms with Crippen LogP contribution in [0.4, 0.5) is 11.6 Å². The van der Waals surface area contributed by atoms with Crippen LogP contribution in [0.1, 0.15) is 38.2 Å². The Morgan fingerprint density at radius 2 is 1.82 bits per heavy atom. The van der Waals surface area contributed by atoms with Crippen LogP contribution in [-0.2, 0) is 13.6 Å². The molecule has 0 radical (unpaired) electrons. The van der Waals surface area contributed by atoms with E-state index >= 15 is 0 Å². The van der Waals surface area contributed by atoms with Gasteiger partial charge in [-0.3, -0.25) is 4.90 Å². The van der Waals surface area contributed by atoms with Crippen LogP contribution in [0.15, 0.2) is 48.9 Å². The van der Waals surface area contributed by atoms with E-state index in [9.17, 15) is 0 Å². The summed E-state index contributed by atoms with van der Waals surface area (Å²) in [7, 11) is 4.04. The van der Waals surface area contributed by atoms with Crippen molar-refractivity contribution in [3.63, 3.8) is 0 Å². The van der Waals surface area contributed by atoms with Gasteiger partial charge in [0.25, 0.3) is 0 Å². The van der Waals surface area contributed by atoms with Crippen molar-refractivity contribution in [2.24, 2.45) is 13.0 Å². The second-order valence-electron chi connectivity index (χ2n) is 12.5. The van der Waals surface area contributed by atoms with Crippen LogP contribution in [0.5, 0.6) is 17.4 Å². The molecule has 7 rings (SSSR count). The third kappa shape index (κ3) is 7.04. The van der Waals surface area contributed by atoms with Crippen LogP contribution in [0.25, 0.3) is 22.5 Å². The van der Waals surface area contributed by atoms with Gasteiger partial charge in [0.2, 0.25) is 5.88 Å². The first-order valence-electron chi connectivity index (χ1n) is 16.1. The fourth-order valence-electron chi connectivity index (χ4n) is 5.83. The van der Waals surface area contributed by atoms with E-state index in [-0.39, 0.29) is 6.10 Å². The average Bonchev–Trinajstić information content (AvgIpc) is 3.79. The summed E-state index contributed by atoms with van der Waals surface area (Å²) >= 11 is 0. The Morgan fingerprint density at radius 1 is 0.956 bits per heavy atom. The standard InChI is InChI=1S/C34H42N8O3/c1-23-9-16-44-34-28(21-37-41(34)3)33-35-11-8-31(39-33)38-32-19-30(45-23)27(20-36-32)25-6-7-26(22-42-14-12-40(2)13-15-42)29(18-25)43-17-10-24-4-5-24/h6-8,11,18-21,23-24H,4-5,9-10,12-17,22H2,1-3H3,(H,35,36,38,39)/t23-/m0/s1. The van der Waals surface area contributed by atoms with Crippen molar-refractivity contribution in [3.8, 4) is 39.9 Å². The third-order valence-electron chi connectivity index (χ3n) is 8.84. The number of ether oxygens (including phenoxy) is 3. The quantitative estimate of drug-likeness (QED) is 0.302. The number of rotatable bonds is 7. The summed E-state index contributed by atoms with van der Waals surface area (Å²) in [5.41, 5.74) is 3.89. The van der Waals surface area contributed by atoms with Gasteiger partial charge in [-0.15, -0.1) is 0 Å². The van der Waals surface area contributed by atoms with Gasteiger partial charge >= 0.3 is 0 Å². The molecule has 1 saturated heterocycles.